The lowest BCUT2D eigenvalue weighted by molar-refractivity contribution is -0.138. The molecule has 2 rings (SSSR count). The molecule has 0 aliphatic carbocycles. The Labute approximate surface area is 105 Å². The Morgan fingerprint density at radius 2 is 2.12 bits per heavy atom. The first kappa shape index (κ1) is 12.0. The number of nitrogens with zero attached hydrogens (tertiary/aromatic N) is 1. The molecule has 0 fully saturated rings. The second-order valence-electron chi connectivity index (χ2n) is 3.80. The third kappa shape index (κ3) is 2.79. The van der Waals surface area contributed by atoms with Crippen LogP contribution < -0.4 is 0 Å². The van der Waals surface area contributed by atoms with Crippen molar-refractivity contribution in [2.45, 2.75) is 18.6 Å². The number of hydrogen-bond acceptors (Lipinski definition) is 4. The summed E-state index contributed by atoms with van der Waals surface area (Å²) in [6.07, 6.45) is -0.467. The molecule has 0 saturated carbocycles. The molecule has 5 heteroatoms. The fourth-order valence-corrected chi connectivity index (χ4v) is 2.03. The molecular weight excluding hydrogens is 238 g/mol. The summed E-state index contributed by atoms with van der Waals surface area (Å²) < 4.78 is 5.58. The largest absolute Gasteiger partial charge is 0.481 e. The van der Waals surface area contributed by atoms with Gasteiger partial charge in [-0.3, -0.25) is 4.79 Å². The quantitative estimate of drug-likeness (QED) is 0.799. The molecule has 1 aromatic rings. The summed E-state index contributed by atoms with van der Waals surface area (Å²) in [7, 11) is 0. The number of aliphatic imine (C=N–C) groups is 1. The second kappa shape index (κ2) is 5.23. The third-order valence-electron chi connectivity index (χ3n) is 2.56. The fraction of sp³-hybridized carbons (Fsp3) is 0.333. The van der Waals surface area contributed by atoms with Crippen molar-refractivity contribution in [2.24, 2.45) is 4.99 Å². The summed E-state index contributed by atoms with van der Waals surface area (Å²) in [5, 5.41) is 8.79. The monoisotopic (exact) mass is 251 g/mol. The van der Waals surface area contributed by atoms with E-state index < -0.39 is 12.1 Å². The zero-order valence-corrected chi connectivity index (χ0v) is 10.0. The molecule has 0 saturated heterocycles. The van der Waals surface area contributed by atoms with Gasteiger partial charge in [-0.2, -0.15) is 12.6 Å². The third-order valence-corrected chi connectivity index (χ3v) is 2.93. The number of carboxylic acid groups (broad SMARTS) is 1. The number of benzene rings is 1. The van der Waals surface area contributed by atoms with Crippen LogP contribution in [0.5, 0.6) is 0 Å². The minimum Gasteiger partial charge on any atom is -0.481 e. The van der Waals surface area contributed by atoms with E-state index in [0.717, 1.165) is 5.56 Å². The van der Waals surface area contributed by atoms with E-state index in [1.807, 2.05) is 30.3 Å². The van der Waals surface area contributed by atoms with Gasteiger partial charge in [0.1, 0.15) is 12.1 Å². The van der Waals surface area contributed by atoms with Gasteiger partial charge in [0.15, 0.2) is 0 Å². The van der Waals surface area contributed by atoms with Crippen molar-refractivity contribution < 1.29 is 14.6 Å². The average molecular weight is 251 g/mol. The highest BCUT2D eigenvalue weighted by molar-refractivity contribution is 7.80. The summed E-state index contributed by atoms with van der Waals surface area (Å²) in [6, 6.07) is 9.27. The second-order valence-corrected chi connectivity index (χ2v) is 4.17. The predicted molar refractivity (Wildman–Crippen MR) is 67.7 cm³/mol. The van der Waals surface area contributed by atoms with Crippen molar-refractivity contribution in [1.82, 2.24) is 0 Å². The van der Waals surface area contributed by atoms with E-state index in [9.17, 15) is 4.79 Å². The molecule has 1 N–H and O–H groups in total. The summed E-state index contributed by atoms with van der Waals surface area (Å²) >= 11 is 4.17. The van der Waals surface area contributed by atoms with E-state index in [0.29, 0.717) is 11.7 Å². The molecule has 0 radical (unpaired) electrons. The molecular formula is C12H13NO3S. The van der Waals surface area contributed by atoms with Crippen LogP contribution in [0.15, 0.2) is 35.3 Å². The summed E-state index contributed by atoms with van der Waals surface area (Å²) in [6.45, 7) is 0. The fourth-order valence-electron chi connectivity index (χ4n) is 1.72. The van der Waals surface area contributed by atoms with Gasteiger partial charge in [0.2, 0.25) is 5.90 Å². The Kier molecular flexibility index (Phi) is 3.68. The number of thiol groups is 1. The number of ether oxygens (including phenoxy) is 1. The molecule has 0 unspecified atom stereocenters. The Morgan fingerprint density at radius 3 is 2.71 bits per heavy atom. The molecule has 1 heterocycles. The zero-order valence-electron chi connectivity index (χ0n) is 9.11. The maximum absolute atomic E-state index is 10.7. The highest BCUT2D eigenvalue weighted by atomic mass is 32.1. The van der Waals surface area contributed by atoms with E-state index in [-0.39, 0.29) is 12.5 Å². The van der Waals surface area contributed by atoms with E-state index in [4.69, 9.17) is 9.84 Å². The van der Waals surface area contributed by atoms with Crippen LogP contribution >= 0.6 is 12.6 Å². The average Bonchev–Trinajstić information content (AvgIpc) is 2.72. The van der Waals surface area contributed by atoms with Gasteiger partial charge in [-0.25, -0.2) is 4.99 Å². The molecule has 2 atom stereocenters. The minimum atomic E-state index is -0.883. The molecule has 0 aromatic heterocycles. The smallest absolute Gasteiger partial charge is 0.307 e. The predicted octanol–water partition coefficient (Wildman–Crippen LogP) is 1.61. The number of aliphatic carboxylic acids is 1. The molecule has 1 aliphatic heterocycles. The normalized spacial score (nSPS) is 23.0. The Bertz CT molecular complexity index is 433. The van der Waals surface area contributed by atoms with Crippen LogP contribution in [-0.2, 0) is 9.53 Å². The standard InChI is InChI=1S/C12H13NO3S/c14-11(15)6-10-9(7-17)13-12(16-10)8-4-2-1-3-5-8/h1-5,9-10,17H,6-7H2,(H,14,15)/t9-,10-/m0/s1. The van der Waals surface area contributed by atoms with Crippen LogP contribution in [0.1, 0.15) is 12.0 Å². The number of hydrogen-bond donors (Lipinski definition) is 2. The first-order chi connectivity index (χ1) is 8.20. The van der Waals surface area contributed by atoms with Gasteiger partial charge in [0.05, 0.1) is 6.42 Å². The van der Waals surface area contributed by atoms with Crippen molar-refractivity contribution in [3.8, 4) is 0 Å². The van der Waals surface area contributed by atoms with E-state index in [1.54, 1.807) is 0 Å². The molecule has 90 valence electrons. The van der Waals surface area contributed by atoms with Crippen LogP contribution in [0, 0.1) is 0 Å². The molecule has 1 aliphatic rings. The van der Waals surface area contributed by atoms with E-state index in [2.05, 4.69) is 17.6 Å². The zero-order chi connectivity index (χ0) is 12.3. The number of carbonyl (C=O) groups is 1. The summed E-state index contributed by atoms with van der Waals surface area (Å²) in [5.41, 5.74) is 0.868. The van der Waals surface area contributed by atoms with Crippen molar-refractivity contribution in [3.63, 3.8) is 0 Å². The maximum Gasteiger partial charge on any atom is 0.307 e. The van der Waals surface area contributed by atoms with Gasteiger partial charge in [-0.05, 0) is 12.1 Å². The van der Waals surface area contributed by atoms with Gasteiger partial charge >= 0.3 is 5.97 Å². The van der Waals surface area contributed by atoms with Crippen molar-refractivity contribution in [2.75, 3.05) is 5.75 Å². The van der Waals surface area contributed by atoms with Crippen LogP contribution in [-0.4, -0.2) is 34.9 Å². The van der Waals surface area contributed by atoms with Gasteiger partial charge in [0.25, 0.3) is 0 Å². The SMILES string of the molecule is O=C(O)C[C@@H]1OC(c2ccccc2)=N[C@H]1CS. The molecule has 4 nitrogen and oxygen atoms in total. The number of rotatable bonds is 4. The van der Waals surface area contributed by atoms with Crippen LogP contribution in [0.4, 0.5) is 0 Å². The van der Waals surface area contributed by atoms with E-state index >= 15 is 0 Å². The molecule has 1 aromatic carbocycles. The molecule has 0 bridgehead atoms. The molecule has 0 spiro atoms. The highest BCUT2D eigenvalue weighted by Gasteiger charge is 2.32. The van der Waals surface area contributed by atoms with Crippen molar-refractivity contribution >= 4 is 24.5 Å². The van der Waals surface area contributed by atoms with Crippen molar-refractivity contribution in [3.05, 3.63) is 35.9 Å². The Hall–Kier alpha value is -1.49. The summed E-state index contributed by atoms with van der Waals surface area (Å²) in [4.78, 5) is 15.1. The lowest BCUT2D eigenvalue weighted by atomic mass is 10.1. The van der Waals surface area contributed by atoms with Gasteiger partial charge < -0.3 is 9.84 Å². The number of carboxylic acids is 1. The molecule has 0 amide bonds. The minimum absolute atomic E-state index is 0.0505. The van der Waals surface area contributed by atoms with Gasteiger partial charge in [0, 0.05) is 11.3 Å². The lowest BCUT2D eigenvalue weighted by Gasteiger charge is -2.13. The molecule has 17 heavy (non-hydrogen) atoms. The topological polar surface area (TPSA) is 58.9 Å². The van der Waals surface area contributed by atoms with Crippen molar-refractivity contribution in [1.29, 1.82) is 0 Å². The van der Waals surface area contributed by atoms with E-state index in [1.165, 1.54) is 0 Å². The first-order valence-corrected chi connectivity index (χ1v) is 5.96. The maximum atomic E-state index is 10.7. The Balaban J connectivity index is 2.14. The first-order valence-electron chi connectivity index (χ1n) is 5.33. The highest BCUT2D eigenvalue weighted by Crippen LogP contribution is 2.21. The van der Waals surface area contributed by atoms with Crippen LogP contribution in [0.3, 0.4) is 0 Å². The summed E-state index contributed by atoms with van der Waals surface area (Å²) in [5.74, 6) is 0.107. The van der Waals surface area contributed by atoms with Gasteiger partial charge in [-0.1, -0.05) is 18.2 Å². The Morgan fingerprint density at radius 1 is 1.41 bits per heavy atom. The van der Waals surface area contributed by atoms with Gasteiger partial charge in [-0.15, -0.1) is 0 Å². The van der Waals surface area contributed by atoms with Crippen LogP contribution in [0.2, 0.25) is 0 Å². The van der Waals surface area contributed by atoms with Crippen LogP contribution in [0.25, 0.3) is 0 Å². The lowest BCUT2D eigenvalue weighted by Crippen LogP contribution is -2.27.